The largest absolute Gasteiger partial charge is 0.370 e. The maximum Gasteiger partial charge on any atom is 0.264 e. The molecule has 0 aliphatic carbocycles. The van der Waals surface area contributed by atoms with E-state index in [2.05, 4.69) is 21.6 Å². The van der Waals surface area contributed by atoms with Crippen LogP contribution in [0.4, 0.5) is 0 Å². The first kappa shape index (κ1) is 16.5. The van der Waals surface area contributed by atoms with Crippen molar-refractivity contribution in [2.45, 2.75) is 44.8 Å². The minimum atomic E-state index is -0.177. The van der Waals surface area contributed by atoms with Crippen molar-refractivity contribution in [1.82, 2.24) is 20.4 Å². The first-order valence-corrected chi connectivity index (χ1v) is 10.3. The number of amides is 1. The molecule has 26 heavy (non-hydrogen) atoms. The van der Waals surface area contributed by atoms with Gasteiger partial charge >= 0.3 is 0 Å². The van der Waals surface area contributed by atoms with Crippen LogP contribution in [0.1, 0.15) is 49.9 Å². The number of carbonyl (C=O) groups is 1. The van der Waals surface area contributed by atoms with Crippen molar-refractivity contribution in [3.63, 3.8) is 0 Å². The van der Waals surface area contributed by atoms with Crippen molar-refractivity contribution >= 4 is 17.2 Å². The quantitative estimate of drug-likeness (QED) is 0.805. The van der Waals surface area contributed by atoms with E-state index in [9.17, 15) is 4.79 Å². The molecule has 2 N–H and O–H groups in total. The van der Waals surface area contributed by atoms with Crippen LogP contribution in [-0.2, 0) is 29.7 Å². The lowest BCUT2D eigenvalue weighted by molar-refractivity contribution is -0.0792. The molecule has 1 amide bonds. The summed E-state index contributed by atoms with van der Waals surface area (Å²) in [7, 11) is 0. The summed E-state index contributed by atoms with van der Waals surface area (Å²) in [5.74, 6) is 0.153. The van der Waals surface area contributed by atoms with E-state index in [4.69, 9.17) is 4.74 Å². The first-order chi connectivity index (χ1) is 12.7. The molecular formula is C19H24N4O2S. The number of piperidine rings is 1. The number of H-pyrrole nitrogens is 1. The van der Waals surface area contributed by atoms with E-state index >= 15 is 0 Å². The number of hydrogen-bond acceptors (Lipinski definition) is 5. The molecule has 3 aliphatic rings. The molecule has 0 atom stereocenters. The fourth-order valence-electron chi connectivity index (χ4n) is 4.53. The van der Waals surface area contributed by atoms with Crippen LogP contribution in [0, 0.1) is 6.92 Å². The monoisotopic (exact) mass is 372 g/mol. The van der Waals surface area contributed by atoms with Gasteiger partial charge in [0.2, 0.25) is 0 Å². The molecule has 1 fully saturated rings. The Morgan fingerprint density at radius 1 is 1.35 bits per heavy atom. The highest BCUT2D eigenvalue weighted by atomic mass is 32.1. The van der Waals surface area contributed by atoms with E-state index in [-0.39, 0.29) is 11.5 Å². The summed E-state index contributed by atoms with van der Waals surface area (Å²) in [6, 6.07) is 2.13. The summed E-state index contributed by atoms with van der Waals surface area (Å²) in [5.41, 5.74) is 4.47. The average Bonchev–Trinajstić information content (AvgIpc) is 3.27. The number of fused-ring (bicyclic) bond motifs is 3. The Balaban J connectivity index is 1.43. The molecule has 2 aromatic heterocycles. The SMILES string of the molecule is Cc1[nH]nc2c1CN(C(=O)c1cc3c(s1)CCOC31CCNCC1)CC2. The van der Waals surface area contributed by atoms with Gasteiger partial charge in [-0.3, -0.25) is 9.89 Å². The lowest BCUT2D eigenvalue weighted by Crippen LogP contribution is -2.44. The molecule has 3 aliphatic heterocycles. The van der Waals surface area contributed by atoms with E-state index in [0.717, 1.165) is 68.2 Å². The number of rotatable bonds is 1. The number of nitrogens with one attached hydrogen (secondary N) is 2. The fraction of sp³-hybridized carbons (Fsp3) is 0.579. The summed E-state index contributed by atoms with van der Waals surface area (Å²) < 4.78 is 6.25. The zero-order chi connectivity index (χ0) is 17.7. The molecule has 2 aromatic rings. The Labute approximate surface area is 156 Å². The molecule has 138 valence electrons. The topological polar surface area (TPSA) is 70.2 Å². The minimum absolute atomic E-state index is 0.153. The van der Waals surface area contributed by atoms with Crippen molar-refractivity contribution in [3.8, 4) is 0 Å². The predicted molar refractivity (Wildman–Crippen MR) is 99.5 cm³/mol. The second kappa shape index (κ2) is 6.18. The summed E-state index contributed by atoms with van der Waals surface area (Å²) in [6.07, 6.45) is 3.74. The molecule has 0 bridgehead atoms. The maximum atomic E-state index is 13.2. The first-order valence-electron chi connectivity index (χ1n) is 9.46. The van der Waals surface area contributed by atoms with E-state index in [1.54, 1.807) is 11.3 Å². The van der Waals surface area contributed by atoms with Crippen molar-refractivity contribution in [2.24, 2.45) is 0 Å². The Bertz CT molecular complexity index is 850. The molecule has 0 unspecified atom stereocenters. The fourth-order valence-corrected chi connectivity index (χ4v) is 5.72. The van der Waals surface area contributed by atoms with Gasteiger partial charge in [-0.15, -0.1) is 11.3 Å². The van der Waals surface area contributed by atoms with Crippen LogP contribution in [0.2, 0.25) is 0 Å². The predicted octanol–water partition coefficient (Wildman–Crippen LogP) is 2.13. The van der Waals surface area contributed by atoms with Gasteiger partial charge in [-0.25, -0.2) is 0 Å². The number of ether oxygens (including phenoxy) is 1. The van der Waals surface area contributed by atoms with Gasteiger partial charge in [-0.1, -0.05) is 0 Å². The maximum absolute atomic E-state index is 13.2. The molecule has 1 spiro atoms. The van der Waals surface area contributed by atoms with E-state index in [0.29, 0.717) is 6.54 Å². The second-order valence-corrected chi connectivity index (χ2v) is 8.68. The number of aromatic nitrogens is 2. The number of nitrogens with zero attached hydrogens (tertiary/aromatic N) is 2. The van der Waals surface area contributed by atoms with Gasteiger partial charge < -0.3 is 15.0 Å². The molecule has 1 saturated heterocycles. The van der Waals surface area contributed by atoms with Gasteiger partial charge in [0.15, 0.2) is 0 Å². The van der Waals surface area contributed by atoms with E-state index in [1.807, 2.05) is 11.8 Å². The summed E-state index contributed by atoms with van der Waals surface area (Å²) in [4.78, 5) is 17.4. The molecule has 0 radical (unpaired) electrons. The van der Waals surface area contributed by atoms with Crippen molar-refractivity contribution in [1.29, 1.82) is 0 Å². The number of aromatic amines is 1. The Morgan fingerprint density at radius 2 is 2.19 bits per heavy atom. The van der Waals surface area contributed by atoms with Crippen LogP contribution < -0.4 is 5.32 Å². The number of hydrogen-bond donors (Lipinski definition) is 2. The van der Waals surface area contributed by atoms with Gasteiger partial charge in [0, 0.05) is 42.1 Å². The lowest BCUT2D eigenvalue weighted by atomic mass is 9.83. The van der Waals surface area contributed by atoms with Gasteiger partial charge in [-0.05, 0) is 44.5 Å². The van der Waals surface area contributed by atoms with Crippen LogP contribution in [0.15, 0.2) is 6.07 Å². The molecule has 0 saturated carbocycles. The van der Waals surface area contributed by atoms with E-state index in [1.165, 1.54) is 16.0 Å². The molecule has 0 aromatic carbocycles. The Hall–Kier alpha value is -1.70. The van der Waals surface area contributed by atoms with E-state index < -0.39 is 0 Å². The van der Waals surface area contributed by atoms with Gasteiger partial charge in [0.05, 0.1) is 22.8 Å². The number of carbonyl (C=O) groups excluding carboxylic acids is 1. The second-order valence-electron chi connectivity index (χ2n) is 7.54. The molecule has 6 nitrogen and oxygen atoms in total. The normalized spacial score (nSPS) is 21.5. The molecule has 7 heteroatoms. The van der Waals surface area contributed by atoms with Crippen molar-refractivity contribution in [3.05, 3.63) is 38.3 Å². The molecule has 5 heterocycles. The molecule has 5 rings (SSSR count). The third-order valence-electron chi connectivity index (χ3n) is 6.04. The number of thiophene rings is 1. The number of aryl methyl sites for hydroxylation is 1. The Morgan fingerprint density at radius 3 is 3.04 bits per heavy atom. The van der Waals surface area contributed by atoms with Crippen LogP contribution >= 0.6 is 11.3 Å². The third kappa shape index (κ3) is 2.52. The van der Waals surface area contributed by atoms with Crippen LogP contribution in [0.3, 0.4) is 0 Å². The zero-order valence-corrected chi connectivity index (χ0v) is 15.9. The Kier molecular flexibility index (Phi) is 3.92. The molecular weight excluding hydrogens is 348 g/mol. The summed E-state index contributed by atoms with van der Waals surface area (Å²) >= 11 is 1.68. The summed E-state index contributed by atoms with van der Waals surface area (Å²) in [5, 5.41) is 10.8. The van der Waals surface area contributed by atoms with Gasteiger partial charge in [-0.2, -0.15) is 5.10 Å². The highest BCUT2D eigenvalue weighted by molar-refractivity contribution is 7.14. The average molecular weight is 372 g/mol. The zero-order valence-electron chi connectivity index (χ0n) is 15.1. The van der Waals surface area contributed by atoms with Crippen molar-refractivity contribution < 1.29 is 9.53 Å². The minimum Gasteiger partial charge on any atom is -0.370 e. The van der Waals surface area contributed by atoms with Gasteiger partial charge in [0.25, 0.3) is 5.91 Å². The van der Waals surface area contributed by atoms with Crippen LogP contribution in [-0.4, -0.2) is 47.2 Å². The van der Waals surface area contributed by atoms with Crippen LogP contribution in [0.5, 0.6) is 0 Å². The van der Waals surface area contributed by atoms with Gasteiger partial charge in [0.1, 0.15) is 0 Å². The third-order valence-corrected chi connectivity index (χ3v) is 7.23. The van der Waals surface area contributed by atoms with Crippen LogP contribution in [0.25, 0.3) is 0 Å². The smallest absolute Gasteiger partial charge is 0.264 e. The highest BCUT2D eigenvalue weighted by Gasteiger charge is 2.41. The summed E-state index contributed by atoms with van der Waals surface area (Å²) in [6.45, 7) is 6.15. The highest BCUT2D eigenvalue weighted by Crippen LogP contribution is 2.43. The standard InChI is InChI=1S/C19H24N4O2S/c1-12-13-11-23(8-2-15(13)22-21-12)18(24)17-10-14-16(26-17)3-9-25-19(14)4-6-20-7-5-19/h10,20H,2-9,11H2,1H3,(H,21,22). The van der Waals surface area contributed by atoms with Crippen molar-refractivity contribution in [2.75, 3.05) is 26.2 Å². The lowest BCUT2D eigenvalue weighted by Gasteiger charge is -2.40.